The molecule has 0 aliphatic rings. The van der Waals surface area contributed by atoms with E-state index in [1.807, 2.05) is 12.1 Å². The van der Waals surface area contributed by atoms with E-state index in [0.29, 0.717) is 11.3 Å². The number of unbranched alkanes of at least 4 members (excludes halogenated alkanes) is 1. The highest BCUT2D eigenvalue weighted by molar-refractivity contribution is 7.98. The van der Waals surface area contributed by atoms with Crippen LogP contribution in [0.2, 0.25) is 0 Å². The summed E-state index contributed by atoms with van der Waals surface area (Å²) in [5.74, 6) is 0.687. The zero-order valence-electron chi connectivity index (χ0n) is 17.6. The smallest absolute Gasteiger partial charge is 0.242 e. The SMILES string of the molecule is CCCCn1c(SCc2csc(-c3ccoc3)n2)nc2cc(S(=O)(=O)N(C)C)ccc21. The standard InChI is InChI=1S/C21H24N4O3S3/c1-4-5-9-25-19-7-6-17(31(26,27)24(2)3)11-18(19)23-21(25)30-14-16-13-29-20(22-16)15-8-10-28-12-15/h6-8,10-13H,4-5,9,14H2,1-3H3. The third-order valence-corrected chi connectivity index (χ3v) is 8.63. The molecular weight excluding hydrogens is 452 g/mol. The lowest BCUT2D eigenvalue weighted by Gasteiger charge is -2.11. The summed E-state index contributed by atoms with van der Waals surface area (Å²) in [5, 5.41) is 3.86. The molecule has 3 aromatic heterocycles. The van der Waals surface area contributed by atoms with Gasteiger partial charge in [-0.15, -0.1) is 11.3 Å². The van der Waals surface area contributed by atoms with E-state index in [2.05, 4.69) is 16.9 Å². The molecule has 0 saturated heterocycles. The molecule has 0 atom stereocenters. The Morgan fingerprint density at radius 1 is 1.23 bits per heavy atom. The number of aryl methyl sites for hydroxylation is 1. The molecule has 0 aliphatic heterocycles. The monoisotopic (exact) mass is 476 g/mol. The van der Waals surface area contributed by atoms with E-state index in [0.717, 1.165) is 46.3 Å². The number of fused-ring (bicyclic) bond motifs is 1. The average molecular weight is 477 g/mol. The Bertz CT molecular complexity index is 1270. The van der Waals surface area contributed by atoms with Crippen LogP contribution in [0.15, 0.2) is 56.6 Å². The van der Waals surface area contributed by atoms with Gasteiger partial charge in [-0.05, 0) is 30.7 Å². The van der Waals surface area contributed by atoms with Gasteiger partial charge in [0.25, 0.3) is 0 Å². The van der Waals surface area contributed by atoms with E-state index in [1.165, 1.54) is 18.4 Å². The van der Waals surface area contributed by atoms with Crippen molar-refractivity contribution in [2.45, 2.75) is 42.1 Å². The Morgan fingerprint density at radius 3 is 2.77 bits per heavy atom. The Kier molecular flexibility index (Phi) is 6.52. The van der Waals surface area contributed by atoms with Crippen LogP contribution in [0.3, 0.4) is 0 Å². The molecule has 7 nitrogen and oxygen atoms in total. The van der Waals surface area contributed by atoms with Crippen LogP contribution in [-0.2, 0) is 22.3 Å². The van der Waals surface area contributed by atoms with Crippen LogP contribution in [0, 0.1) is 0 Å². The summed E-state index contributed by atoms with van der Waals surface area (Å²) in [6, 6.07) is 7.09. The van der Waals surface area contributed by atoms with Crippen molar-refractivity contribution < 1.29 is 12.8 Å². The minimum absolute atomic E-state index is 0.256. The second kappa shape index (κ2) is 9.15. The van der Waals surface area contributed by atoms with Gasteiger partial charge in [0.15, 0.2) is 5.16 Å². The van der Waals surface area contributed by atoms with E-state index in [9.17, 15) is 8.42 Å². The average Bonchev–Trinajstić information content (AvgIpc) is 3.49. The van der Waals surface area contributed by atoms with Gasteiger partial charge in [-0.2, -0.15) is 0 Å². The predicted octanol–water partition coefficient (Wildman–Crippen LogP) is 5.10. The lowest BCUT2D eigenvalue weighted by Crippen LogP contribution is -2.22. The van der Waals surface area contributed by atoms with Gasteiger partial charge in [-0.25, -0.2) is 22.7 Å². The summed E-state index contributed by atoms with van der Waals surface area (Å²) < 4.78 is 33.6. The van der Waals surface area contributed by atoms with Gasteiger partial charge >= 0.3 is 0 Å². The van der Waals surface area contributed by atoms with Crippen LogP contribution in [0.5, 0.6) is 0 Å². The quantitative estimate of drug-likeness (QED) is 0.313. The van der Waals surface area contributed by atoms with Crippen LogP contribution >= 0.6 is 23.1 Å². The van der Waals surface area contributed by atoms with Crippen molar-refractivity contribution in [2.75, 3.05) is 14.1 Å². The van der Waals surface area contributed by atoms with Crippen molar-refractivity contribution in [1.29, 1.82) is 0 Å². The van der Waals surface area contributed by atoms with E-state index in [1.54, 1.807) is 47.8 Å². The number of imidazole rings is 1. The van der Waals surface area contributed by atoms with Crippen molar-refractivity contribution in [3.63, 3.8) is 0 Å². The number of thiazole rings is 1. The molecular formula is C21H24N4O3S3. The third-order valence-electron chi connectivity index (χ3n) is 4.87. The van der Waals surface area contributed by atoms with Crippen LogP contribution in [0.1, 0.15) is 25.5 Å². The summed E-state index contributed by atoms with van der Waals surface area (Å²) in [6.07, 6.45) is 5.43. The Morgan fingerprint density at radius 2 is 2.06 bits per heavy atom. The van der Waals surface area contributed by atoms with Crippen LogP contribution in [0.25, 0.3) is 21.6 Å². The molecule has 10 heteroatoms. The van der Waals surface area contributed by atoms with Gasteiger partial charge in [-0.1, -0.05) is 25.1 Å². The predicted molar refractivity (Wildman–Crippen MR) is 125 cm³/mol. The highest BCUT2D eigenvalue weighted by Crippen LogP contribution is 2.31. The maximum absolute atomic E-state index is 12.5. The maximum Gasteiger partial charge on any atom is 0.242 e. The second-order valence-electron chi connectivity index (χ2n) is 7.28. The first-order valence-electron chi connectivity index (χ1n) is 9.92. The zero-order chi connectivity index (χ0) is 22.0. The minimum Gasteiger partial charge on any atom is -0.472 e. The summed E-state index contributed by atoms with van der Waals surface area (Å²) in [5.41, 5.74) is 3.60. The number of furan rings is 1. The van der Waals surface area contributed by atoms with E-state index < -0.39 is 10.0 Å². The van der Waals surface area contributed by atoms with Crippen molar-refractivity contribution in [2.24, 2.45) is 0 Å². The number of hydrogen-bond donors (Lipinski definition) is 0. The van der Waals surface area contributed by atoms with E-state index in [4.69, 9.17) is 14.4 Å². The molecule has 0 amide bonds. The molecule has 1 aromatic carbocycles. The van der Waals surface area contributed by atoms with Crippen molar-refractivity contribution >= 4 is 44.2 Å². The van der Waals surface area contributed by atoms with Crippen LogP contribution < -0.4 is 0 Å². The number of nitrogens with zero attached hydrogens (tertiary/aromatic N) is 4. The number of benzene rings is 1. The van der Waals surface area contributed by atoms with Gasteiger partial charge in [0.2, 0.25) is 10.0 Å². The topological polar surface area (TPSA) is 81.2 Å². The molecule has 31 heavy (non-hydrogen) atoms. The lowest BCUT2D eigenvalue weighted by molar-refractivity contribution is 0.521. The normalized spacial score (nSPS) is 12.3. The molecule has 3 heterocycles. The third kappa shape index (κ3) is 4.57. The van der Waals surface area contributed by atoms with Crippen molar-refractivity contribution in [1.82, 2.24) is 18.8 Å². The summed E-state index contributed by atoms with van der Waals surface area (Å²) in [7, 11) is -0.434. The maximum atomic E-state index is 12.5. The van der Waals surface area contributed by atoms with Crippen molar-refractivity contribution in [3.05, 3.63) is 47.9 Å². The molecule has 0 radical (unpaired) electrons. The summed E-state index contributed by atoms with van der Waals surface area (Å²) in [6.45, 7) is 2.99. The number of rotatable bonds is 9. The first kappa shape index (κ1) is 22.1. The number of thioether (sulfide) groups is 1. The molecule has 0 fully saturated rings. The molecule has 0 spiro atoms. The van der Waals surface area contributed by atoms with Crippen LogP contribution in [-0.4, -0.2) is 41.4 Å². The van der Waals surface area contributed by atoms with Crippen LogP contribution in [0.4, 0.5) is 0 Å². The molecule has 0 N–H and O–H groups in total. The fraction of sp³-hybridized carbons (Fsp3) is 0.333. The number of sulfonamides is 1. The first-order chi connectivity index (χ1) is 14.9. The fourth-order valence-electron chi connectivity index (χ4n) is 3.13. The molecule has 0 unspecified atom stereocenters. The first-order valence-corrected chi connectivity index (χ1v) is 13.2. The number of hydrogen-bond acceptors (Lipinski definition) is 7. The summed E-state index contributed by atoms with van der Waals surface area (Å²) in [4.78, 5) is 9.73. The Balaban J connectivity index is 1.62. The van der Waals surface area contributed by atoms with Gasteiger partial charge in [0, 0.05) is 37.3 Å². The number of aromatic nitrogens is 3. The lowest BCUT2D eigenvalue weighted by atomic mass is 10.3. The van der Waals surface area contributed by atoms with Gasteiger partial charge in [-0.3, -0.25) is 0 Å². The highest BCUT2D eigenvalue weighted by Gasteiger charge is 2.20. The molecule has 0 bridgehead atoms. The largest absolute Gasteiger partial charge is 0.472 e. The molecule has 164 valence electrons. The zero-order valence-corrected chi connectivity index (χ0v) is 20.1. The fourth-order valence-corrected chi connectivity index (χ4v) is 5.90. The minimum atomic E-state index is -3.50. The van der Waals surface area contributed by atoms with Gasteiger partial charge in [0.05, 0.1) is 27.9 Å². The molecule has 0 saturated carbocycles. The summed E-state index contributed by atoms with van der Waals surface area (Å²) >= 11 is 3.21. The van der Waals surface area contributed by atoms with E-state index >= 15 is 0 Å². The second-order valence-corrected chi connectivity index (χ2v) is 11.2. The van der Waals surface area contributed by atoms with Crippen molar-refractivity contribution in [3.8, 4) is 10.6 Å². The Hall–Kier alpha value is -2.14. The Labute approximate surface area is 190 Å². The molecule has 4 rings (SSSR count). The molecule has 0 aliphatic carbocycles. The van der Waals surface area contributed by atoms with Gasteiger partial charge in [0.1, 0.15) is 11.3 Å². The van der Waals surface area contributed by atoms with Gasteiger partial charge < -0.3 is 8.98 Å². The van der Waals surface area contributed by atoms with E-state index in [-0.39, 0.29) is 4.90 Å². The highest BCUT2D eigenvalue weighted by atomic mass is 32.2. The molecule has 4 aromatic rings.